The van der Waals surface area contributed by atoms with E-state index in [1.165, 1.54) is 0 Å². The highest BCUT2D eigenvalue weighted by Gasteiger charge is 2.14. The van der Waals surface area contributed by atoms with Crippen molar-refractivity contribution in [3.63, 3.8) is 0 Å². The summed E-state index contributed by atoms with van der Waals surface area (Å²) < 4.78 is 0. The first kappa shape index (κ1) is 12.0. The molecule has 1 heterocycles. The number of benzene rings is 2. The van der Waals surface area contributed by atoms with E-state index in [4.69, 9.17) is 11.6 Å². The summed E-state index contributed by atoms with van der Waals surface area (Å²) in [6.07, 6.45) is 1.74. The Morgan fingerprint density at radius 1 is 1.16 bits per heavy atom. The zero-order chi connectivity index (χ0) is 13.4. The van der Waals surface area contributed by atoms with Crippen LogP contribution in [0, 0.1) is 6.92 Å². The number of ketones is 1. The second kappa shape index (κ2) is 4.56. The molecule has 2 nitrogen and oxygen atoms in total. The van der Waals surface area contributed by atoms with E-state index in [0.717, 1.165) is 16.5 Å². The maximum absolute atomic E-state index is 12.5. The number of fused-ring (bicyclic) bond motifs is 1. The van der Waals surface area contributed by atoms with Crippen LogP contribution in [0.25, 0.3) is 10.9 Å². The van der Waals surface area contributed by atoms with Gasteiger partial charge in [-0.25, -0.2) is 0 Å². The van der Waals surface area contributed by atoms with Crippen LogP contribution in [-0.2, 0) is 0 Å². The molecule has 2 aromatic carbocycles. The lowest BCUT2D eigenvalue weighted by atomic mass is 10.0. The molecular formula is C16H12ClNO. The Hall–Kier alpha value is -2.06. The standard InChI is InChI=1S/C16H12ClNO/c1-10-3-2-4-11(7-10)16(19)14-9-18-15-6-5-12(17)8-13(14)15/h2-9,18H,1H3. The topological polar surface area (TPSA) is 32.9 Å². The molecule has 0 fully saturated rings. The number of nitrogens with one attached hydrogen (secondary N) is 1. The van der Waals surface area contributed by atoms with Gasteiger partial charge in [0, 0.05) is 33.2 Å². The van der Waals surface area contributed by atoms with Gasteiger partial charge >= 0.3 is 0 Å². The Morgan fingerprint density at radius 3 is 2.79 bits per heavy atom. The molecule has 0 aliphatic heterocycles. The number of aromatic amines is 1. The number of rotatable bonds is 2. The number of carbonyl (C=O) groups is 1. The van der Waals surface area contributed by atoms with Crippen molar-refractivity contribution in [3.8, 4) is 0 Å². The Morgan fingerprint density at radius 2 is 2.00 bits per heavy atom. The third-order valence-corrected chi connectivity index (χ3v) is 3.40. The van der Waals surface area contributed by atoms with Gasteiger partial charge in [0.15, 0.2) is 5.78 Å². The predicted molar refractivity (Wildman–Crippen MR) is 77.9 cm³/mol. The van der Waals surface area contributed by atoms with Gasteiger partial charge in [-0.15, -0.1) is 0 Å². The smallest absolute Gasteiger partial charge is 0.195 e. The Balaban J connectivity index is 2.14. The van der Waals surface area contributed by atoms with Crippen LogP contribution in [0.5, 0.6) is 0 Å². The molecule has 0 bridgehead atoms. The molecule has 0 aliphatic carbocycles. The monoisotopic (exact) mass is 269 g/mol. The molecule has 1 aromatic heterocycles. The molecular weight excluding hydrogens is 258 g/mol. The van der Waals surface area contributed by atoms with E-state index in [1.807, 2.05) is 43.3 Å². The van der Waals surface area contributed by atoms with Crippen LogP contribution in [0.2, 0.25) is 5.02 Å². The average molecular weight is 270 g/mol. The van der Waals surface area contributed by atoms with Gasteiger partial charge in [0.05, 0.1) is 0 Å². The minimum atomic E-state index is 0.0113. The molecule has 3 rings (SSSR count). The second-order valence-corrected chi connectivity index (χ2v) is 5.03. The summed E-state index contributed by atoms with van der Waals surface area (Å²) in [7, 11) is 0. The summed E-state index contributed by atoms with van der Waals surface area (Å²) in [5.74, 6) is 0.0113. The second-order valence-electron chi connectivity index (χ2n) is 4.59. The van der Waals surface area contributed by atoms with E-state index >= 15 is 0 Å². The maximum Gasteiger partial charge on any atom is 0.195 e. The highest BCUT2D eigenvalue weighted by molar-refractivity contribution is 6.31. The van der Waals surface area contributed by atoms with Gasteiger partial charge in [0.1, 0.15) is 0 Å². The highest BCUT2D eigenvalue weighted by Crippen LogP contribution is 2.24. The third kappa shape index (κ3) is 2.15. The zero-order valence-corrected chi connectivity index (χ0v) is 11.2. The first-order valence-corrected chi connectivity index (χ1v) is 6.41. The number of aromatic nitrogens is 1. The normalized spacial score (nSPS) is 10.8. The van der Waals surface area contributed by atoms with Crippen LogP contribution < -0.4 is 0 Å². The number of carbonyl (C=O) groups excluding carboxylic acids is 1. The van der Waals surface area contributed by atoms with Gasteiger partial charge in [0.2, 0.25) is 0 Å². The molecule has 3 heteroatoms. The number of aryl methyl sites for hydroxylation is 1. The van der Waals surface area contributed by atoms with Crippen molar-refractivity contribution in [1.29, 1.82) is 0 Å². The van der Waals surface area contributed by atoms with Crippen LogP contribution in [-0.4, -0.2) is 10.8 Å². The van der Waals surface area contributed by atoms with Gasteiger partial charge in [-0.2, -0.15) is 0 Å². The molecule has 0 spiro atoms. The van der Waals surface area contributed by atoms with Crippen molar-refractivity contribution in [3.05, 3.63) is 70.4 Å². The third-order valence-electron chi connectivity index (χ3n) is 3.17. The number of hydrogen-bond acceptors (Lipinski definition) is 1. The number of hydrogen-bond donors (Lipinski definition) is 1. The molecule has 0 amide bonds. The van der Waals surface area contributed by atoms with Gasteiger partial charge in [-0.1, -0.05) is 35.4 Å². The number of halogens is 1. The predicted octanol–water partition coefficient (Wildman–Crippen LogP) is 4.36. The lowest BCUT2D eigenvalue weighted by Gasteiger charge is -2.01. The van der Waals surface area contributed by atoms with Crippen LogP contribution in [0.15, 0.2) is 48.7 Å². The van der Waals surface area contributed by atoms with E-state index in [2.05, 4.69) is 4.98 Å². The van der Waals surface area contributed by atoms with Gasteiger partial charge in [-0.3, -0.25) is 4.79 Å². The van der Waals surface area contributed by atoms with E-state index in [9.17, 15) is 4.79 Å². The summed E-state index contributed by atoms with van der Waals surface area (Å²) in [5, 5.41) is 1.49. The van der Waals surface area contributed by atoms with Gasteiger partial charge < -0.3 is 4.98 Å². The minimum absolute atomic E-state index is 0.0113. The van der Waals surface area contributed by atoms with E-state index in [-0.39, 0.29) is 5.78 Å². The summed E-state index contributed by atoms with van der Waals surface area (Å²) in [6, 6.07) is 13.1. The fourth-order valence-corrected chi connectivity index (χ4v) is 2.39. The molecule has 94 valence electrons. The van der Waals surface area contributed by atoms with Crippen LogP contribution >= 0.6 is 11.6 Å². The first-order valence-electron chi connectivity index (χ1n) is 6.03. The molecule has 0 unspecified atom stereocenters. The molecule has 3 aromatic rings. The van der Waals surface area contributed by atoms with Crippen molar-refractivity contribution in [2.24, 2.45) is 0 Å². The Bertz CT molecular complexity index is 773. The molecule has 0 atom stereocenters. The molecule has 0 saturated carbocycles. The lowest BCUT2D eigenvalue weighted by Crippen LogP contribution is -2.00. The van der Waals surface area contributed by atoms with Gasteiger partial charge in [0.25, 0.3) is 0 Å². The summed E-state index contributed by atoms with van der Waals surface area (Å²) >= 11 is 6.00. The van der Waals surface area contributed by atoms with Crippen molar-refractivity contribution < 1.29 is 4.79 Å². The number of H-pyrrole nitrogens is 1. The van der Waals surface area contributed by atoms with E-state index in [1.54, 1.807) is 12.3 Å². The molecule has 0 radical (unpaired) electrons. The van der Waals surface area contributed by atoms with Crippen LogP contribution in [0.4, 0.5) is 0 Å². The van der Waals surface area contributed by atoms with E-state index < -0.39 is 0 Å². The first-order chi connectivity index (χ1) is 9.15. The quantitative estimate of drug-likeness (QED) is 0.689. The molecule has 1 N–H and O–H groups in total. The summed E-state index contributed by atoms with van der Waals surface area (Å²) in [5.41, 5.74) is 3.34. The Labute approximate surface area is 116 Å². The lowest BCUT2D eigenvalue weighted by molar-refractivity contribution is 0.104. The van der Waals surface area contributed by atoms with Gasteiger partial charge in [-0.05, 0) is 31.2 Å². The molecule has 19 heavy (non-hydrogen) atoms. The van der Waals surface area contributed by atoms with E-state index in [0.29, 0.717) is 16.1 Å². The maximum atomic E-state index is 12.5. The van der Waals surface area contributed by atoms with Crippen LogP contribution in [0.3, 0.4) is 0 Å². The Kier molecular flexibility index (Phi) is 2.88. The van der Waals surface area contributed by atoms with Crippen molar-refractivity contribution in [1.82, 2.24) is 4.98 Å². The fraction of sp³-hybridized carbons (Fsp3) is 0.0625. The highest BCUT2D eigenvalue weighted by atomic mass is 35.5. The summed E-state index contributed by atoms with van der Waals surface area (Å²) in [6.45, 7) is 1.98. The largest absolute Gasteiger partial charge is 0.360 e. The summed E-state index contributed by atoms with van der Waals surface area (Å²) in [4.78, 5) is 15.6. The molecule has 0 saturated heterocycles. The van der Waals surface area contributed by atoms with Crippen molar-refractivity contribution >= 4 is 28.3 Å². The molecule has 0 aliphatic rings. The zero-order valence-electron chi connectivity index (χ0n) is 10.4. The van der Waals surface area contributed by atoms with Crippen molar-refractivity contribution in [2.45, 2.75) is 6.92 Å². The minimum Gasteiger partial charge on any atom is -0.360 e. The SMILES string of the molecule is Cc1cccc(C(=O)c2c[nH]c3ccc(Cl)cc23)c1. The van der Waals surface area contributed by atoms with Crippen molar-refractivity contribution in [2.75, 3.05) is 0 Å². The average Bonchev–Trinajstić information content (AvgIpc) is 2.80. The fourth-order valence-electron chi connectivity index (χ4n) is 2.22. The van der Waals surface area contributed by atoms with Crippen LogP contribution in [0.1, 0.15) is 21.5 Å².